The van der Waals surface area contributed by atoms with E-state index in [-0.39, 0.29) is 5.41 Å². The third kappa shape index (κ3) is 4.51. The zero-order chi connectivity index (χ0) is 19.1. The average Bonchev–Trinajstić information content (AvgIpc) is 2.74. The topological polar surface area (TPSA) is 17.1 Å². The Balaban J connectivity index is 1.70. The van der Waals surface area contributed by atoms with Crippen molar-refractivity contribution >= 4 is 5.78 Å². The van der Waals surface area contributed by atoms with Gasteiger partial charge in [0.2, 0.25) is 0 Å². The molecule has 0 aliphatic heterocycles. The Morgan fingerprint density at radius 1 is 1.11 bits per heavy atom. The fourth-order valence-electron chi connectivity index (χ4n) is 5.01. The van der Waals surface area contributed by atoms with Crippen molar-refractivity contribution in [2.24, 2.45) is 17.3 Å². The van der Waals surface area contributed by atoms with Crippen LogP contribution in [-0.4, -0.2) is 5.78 Å². The molecule has 0 bridgehead atoms. The van der Waals surface area contributed by atoms with E-state index in [9.17, 15) is 4.79 Å². The monoisotopic (exact) mass is 362 g/mol. The molecule has 0 radical (unpaired) electrons. The second kappa shape index (κ2) is 9.35. The standard InChI is InChI=1S/C26H34O/c1-3-5-7-10-21-13-15-24(16-14-21)26(25(27)4-2)19-17-23(18-20-26)22-11-8-6-9-12-22/h3,6,8-9,11-12,17-21,23-24H,1,4-5,7,10,13-16H2,2H3/t21-,23?,24-,26?. The maximum absolute atomic E-state index is 13.0. The molecular formula is C26H34O. The molecule has 0 aromatic heterocycles. The third-order valence-corrected chi connectivity index (χ3v) is 6.69. The zero-order valence-electron chi connectivity index (χ0n) is 16.8. The Kier molecular flexibility index (Phi) is 6.88. The van der Waals surface area contributed by atoms with Gasteiger partial charge in [-0.05, 0) is 43.1 Å². The summed E-state index contributed by atoms with van der Waals surface area (Å²) in [5.74, 6) is 1.98. The largest absolute Gasteiger partial charge is 0.298 e. The molecule has 1 saturated carbocycles. The number of hydrogen-bond acceptors (Lipinski definition) is 1. The first kappa shape index (κ1) is 19.9. The van der Waals surface area contributed by atoms with Crippen molar-refractivity contribution in [1.82, 2.24) is 0 Å². The van der Waals surface area contributed by atoms with Crippen LogP contribution >= 0.6 is 0 Å². The lowest BCUT2D eigenvalue weighted by atomic mass is 9.62. The first-order valence-corrected chi connectivity index (χ1v) is 10.8. The van der Waals surface area contributed by atoms with E-state index in [1.54, 1.807) is 0 Å². The summed E-state index contributed by atoms with van der Waals surface area (Å²) in [5.41, 5.74) is 0.931. The molecule has 0 saturated heterocycles. The Labute approximate surface area is 165 Å². The first-order chi connectivity index (χ1) is 13.2. The van der Waals surface area contributed by atoms with Crippen LogP contribution in [0.25, 0.3) is 0 Å². The van der Waals surface area contributed by atoms with Crippen LogP contribution < -0.4 is 0 Å². The molecule has 27 heavy (non-hydrogen) atoms. The molecule has 0 atom stereocenters. The minimum atomic E-state index is -0.369. The number of carbonyl (C=O) groups is 1. The maximum Gasteiger partial charge on any atom is 0.146 e. The molecule has 0 heterocycles. The molecule has 2 aliphatic carbocycles. The quantitative estimate of drug-likeness (QED) is 0.358. The number of benzene rings is 1. The molecule has 144 valence electrons. The number of ketones is 1. The fraction of sp³-hybridized carbons (Fsp3) is 0.500. The minimum absolute atomic E-state index is 0.291. The zero-order valence-corrected chi connectivity index (χ0v) is 16.8. The third-order valence-electron chi connectivity index (χ3n) is 6.69. The van der Waals surface area contributed by atoms with Gasteiger partial charge in [0.05, 0.1) is 5.41 Å². The molecule has 1 heteroatoms. The molecule has 0 amide bonds. The number of rotatable bonds is 8. The summed E-state index contributed by atoms with van der Waals surface area (Å²) < 4.78 is 0. The fourth-order valence-corrected chi connectivity index (χ4v) is 5.01. The second-order valence-electron chi connectivity index (χ2n) is 8.30. The van der Waals surface area contributed by atoms with Gasteiger partial charge < -0.3 is 0 Å². The van der Waals surface area contributed by atoms with Gasteiger partial charge in [-0.2, -0.15) is 0 Å². The van der Waals surface area contributed by atoms with E-state index >= 15 is 0 Å². The van der Waals surface area contributed by atoms with Crippen LogP contribution in [0.1, 0.15) is 69.8 Å². The van der Waals surface area contributed by atoms with E-state index < -0.39 is 0 Å². The van der Waals surface area contributed by atoms with Crippen molar-refractivity contribution in [2.75, 3.05) is 0 Å². The van der Waals surface area contributed by atoms with Crippen molar-refractivity contribution in [3.8, 4) is 0 Å². The first-order valence-electron chi connectivity index (χ1n) is 10.8. The van der Waals surface area contributed by atoms with E-state index in [2.05, 4.69) is 61.2 Å². The highest BCUT2D eigenvalue weighted by Gasteiger charge is 2.42. The molecule has 0 spiro atoms. The molecule has 1 aromatic carbocycles. The van der Waals surface area contributed by atoms with Gasteiger partial charge in [0.1, 0.15) is 5.78 Å². The summed E-state index contributed by atoms with van der Waals surface area (Å²) in [6, 6.07) is 10.6. The molecule has 1 fully saturated rings. The minimum Gasteiger partial charge on any atom is -0.298 e. The smallest absolute Gasteiger partial charge is 0.146 e. The molecule has 0 N–H and O–H groups in total. The van der Waals surface area contributed by atoms with Gasteiger partial charge in [0.25, 0.3) is 0 Å². The summed E-state index contributed by atoms with van der Waals surface area (Å²) in [5, 5.41) is 0. The number of unbranched alkanes of at least 4 members (excludes halogenated alkanes) is 1. The Morgan fingerprint density at radius 2 is 1.78 bits per heavy atom. The van der Waals surface area contributed by atoms with Crippen molar-refractivity contribution < 1.29 is 4.79 Å². The summed E-state index contributed by atoms with van der Waals surface area (Å²) in [6.07, 6.45) is 20.3. The summed E-state index contributed by atoms with van der Waals surface area (Å²) in [4.78, 5) is 13.0. The Hall–Kier alpha value is -1.89. The molecule has 0 unspecified atom stereocenters. The van der Waals surface area contributed by atoms with Gasteiger partial charge in [-0.25, -0.2) is 0 Å². The van der Waals surface area contributed by atoms with Crippen LogP contribution in [0.3, 0.4) is 0 Å². The van der Waals surface area contributed by atoms with Crippen LogP contribution in [0.4, 0.5) is 0 Å². The summed E-state index contributed by atoms with van der Waals surface area (Å²) in [6.45, 7) is 5.84. The predicted octanol–water partition coefficient (Wildman–Crippen LogP) is 7.02. The van der Waals surface area contributed by atoms with Crippen molar-refractivity contribution in [3.05, 3.63) is 72.9 Å². The van der Waals surface area contributed by atoms with Gasteiger partial charge in [-0.1, -0.05) is 86.9 Å². The number of carbonyl (C=O) groups excluding carboxylic acids is 1. The number of hydrogen-bond donors (Lipinski definition) is 0. The Morgan fingerprint density at radius 3 is 2.37 bits per heavy atom. The van der Waals surface area contributed by atoms with E-state index in [0.29, 0.717) is 24.0 Å². The van der Waals surface area contributed by atoms with Gasteiger partial charge in [0.15, 0.2) is 0 Å². The molecule has 1 aromatic rings. The van der Waals surface area contributed by atoms with Crippen LogP contribution in [0.15, 0.2) is 67.3 Å². The van der Waals surface area contributed by atoms with Gasteiger partial charge in [-0.15, -0.1) is 6.58 Å². The lowest BCUT2D eigenvalue weighted by Gasteiger charge is -2.41. The second-order valence-corrected chi connectivity index (χ2v) is 8.30. The molecular weight excluding hydrogens is 328 g/mol. The van der Waals surface area contributed by atoms with Crippen molar-refractivity contribution in [3.63, 3.8) is 0 Å². The highest BCUT2D eigenvalue weighted by molar-refractivity contribution is 5.89. The van der Waals surface area contributed by atoms with Crippen LogP contribution in [0, 0.1) is 17.3 Å². The summed E-state index contributed by atoms with van der Waals surface area (Å²) >= 11 is 0. The lowest BCUT2D eigenvalue weighted by molar-refractivity contribution is -0.126. The highest BCUT2D eigenvalue weighted by Crippen LogP contribution is 2.47. The molecule has 1 nitrogen and oxygen atoms in total. The summed E-state index contributed by atoms with van der Waals surface area (Å²) in [7, 11) is 0. The van der Waals surface area contributed by atoms with Crippen LogP contribution in [0.5, 0.6) is 0 Å². The van der Waals surface area contributed by atoms with Crippen molar-refractivity contribution in [2.45, 2.75) is 64.2 Å². The lowest BCUT2D eigenvalue weighted by Crippen LogP contribution is -2.38. The van der Waals surface area contributed by atoms with E-state index in [1.807, 2.05) is 13.0 Å². The van der Waals surface area contributed by atoms with E-state index in [4.69, 9.17) is 0 Å². The van der Waals surface area contributed by atoms with Crippen molar-refractivity contribution in [1.29, 1.82) is 0 Å². The Bertz CT molecular complexity index is 659. The van der Waals surface area contributed by atoms with Crippen LogP contribution in [0.2, 0.25) is 0 Å². The molecule has 2 aliphatic rings. The normalized spacial score (nSPS) is 30.2. The maximum atomic E-state index is 13.0. The number of allylic oxidation sites excluding steroid dienone is 5. The van der Waals surface area contributed by atoms with Gasteiger partial charge >= 0.3 is 0 Å². The van der Waals surface area contributed by atoms with Gasteiger partial charge in [-0.3, -0.25) is 4.79 Å². The van der Waals surface area contributed by atoms with Gasteiger partial charge in [0, 0.05) is 12.3 Å². The van der Waals surface area contributed by atoms with E-state index in [1.165, 1.54) is 44.1 Å². The molecule has 3 rings (SSSR count). The average molecular weight is 363 g/mol. The van der Waals surface area contributed by atoms with Crippen LogP contribution in [-0.2, 0) is 4.79 Å². The number of Topliss-reactive ketones (excluding diaryl/α,β-unsaturated/α-hetero) is 1. The SMILES string of the molecule is C=CCCC[C@H]1CC[C@H](C2(C(=O)CC)C=CC(c3ccccc3)C=C2)CC1. The predicted molar refractivity (Wildman–Crippen MR) is 115 cm³/mol. The highest BCUT2D eigenvalue weighted by atomic mass is 16.1. The van der Waals surface area contributed by atoms with E-state index in [0.717, 1.165) is 12.3 Å².